The summed E-state index contributed by atoms with van der Waals surface area (Å²) in [5.41, 5.74) is 0.0723. The molecule has 19 heavy (non-hydrogen) atoms. The van der Waals surface area contributed by atoms with Crippen LogP contribution in [-0.4, -0.2) is 51.0 Å². The van der Waals surface area contributed by atoms with Crippen molar-refractivity contribution in [3.05, 3.63) is 0 Å². The van der Waals surface area contributed by atoms with E-state index in [-0.39, 0.29) is 12.0 Å². The molecule has 0 spiro atoms. The Kier molecular flexibility index (Phi) is 5.45. The average molecular weight is 269 g/mol. The first kappa shape index (κ1) is 14.6. The predicted molar refractivity (Wildman–Crippen MR) is 76.3 cm³/mol. The highest BCUT2D eigenvalue weighted by molar-refractivity contribution is 5.79. The van der Waals surface area contributed by atoms with Gasteiger partial charge in [0.05, 0.1) is 6.61 Å². The molecule has 2 rings (SSSR count). The summed E-state index contributed by atoms with van der Waals surface area (Å²) in [5.74, 6) is 1.81. The number of hydrogen-bond acceptors (Lipinski definition) is 3. The molecule has 0 aromatic carbocycles. The maximum atomic E-state index is 9.19. The molecule has 1 unspecified atom stereocenters. The summed E-state index contributed by atoms with van der Waals surface area (Å²) in [6.45, 7) is 3.57. The molecule has 0 amide bonds. The van der Waals surface area contributed by atoms with E-state index < -0.39 is 0 Å². The summed E-state index contributed by atoms with van der Waals surface area (Å²) in [6, 6.07) is 0. The fourth-order valence-electron chi connectivity index (χ4n) is 2.60. The molecule has 2 fully saturated rings. The molecule has 3 N–H and O–H groups in total. The molecule has 0 radical (unpaired) electrons. The second-order valence-corrected chi connectivity index (χ2v) is 5.86. The van der Waals surface area contributed by atoms with Crippen molar-refractivity contribution in [1.29, 1.82) is 0 Å². The van der Waals surface area contributed by atoms with Crippen molar-refractivity contribution in [3.63, 3.8) is 0 Å². The van der Waals surface area contributed by atoms with E-state index in [4.69, 9.17) is 4.74 Å². The topological polar surface area (TPSA) is 65.9 Å². The van der Waals surface area contributed by atoms with Crippen LogP contribution < -0.4 is 10.6 Å². The van der Waals surface area contributed by atoms with Crippen LogP contribution in [0, 0.1) is 11.3 Å². The van der Waals surface area contributed by atoms with E-state index in [2.05, 4.69) is 15.6 Å². The van der Waals surface area contributed by atoms with Crippen LogP contribution in [-0.2, 0) is 4.74 Å². The number of rotatable bonds is 7. The molecule has 110 valence electrons. The van der Waals surface area contributed by atoms with Crippen LogP contribution in [0.5, 0.6) is 0 Å². The summed E-state index contributed by atoms with van der Waals surface area (Å²) in [5, 5.41) is 15.9. The summed E-state index contributed by atoms with van der Waals surface area (Å²) in [4.78, 5) is 4.25. The van der Waals surface area contributed by atoms with E-state index in [9.17, 15) is 5.11 Å². The molecule has 5 nitrogen and oxygen atoms in total. The Labute approximate surface area is 115 Å². The van der Waals surface area contributed by atoms with Crippen molar-refractivity contribution < 1.29 is 9.84 Å². The highest BCUT2D eigenvalue weighted by Crippen LogP contribution is 2.32. The highest BCUT2D eigenvalue weighted by Gasteiger charge is 2.34. The van der Waals surface area contributed by atoms with Gasteiger partial charge in [-0.1, -0.05) is 12.8 Å². The lowest BCUT2D eigenvalue weighted by molar-refractivity contribution is 0.127. The molecule has 1 saturated carbocycles. The first-order chi connectivity index (χ1) is 9.28. The monoisotopic (exact) mass is 269 g/mol. The maximum absolute atomic E-state index is 9.19. The van der Waals surface area contributed by atoms with Crippen LogP contribution in [0.3, 0.4) is 0 Å². The minimum absolute atomic E-state index is 0.0723. The van der Waals surface area contributed by atoms with Crippen LogP contribution in [0.15, 0.2) is 4.99 Å². The normalized spacial score (nSPS) is 27.6. The SMILES string of the molecule is CN=C(NCCC1CC1)NCC1(CCO)CCOC1. The summed E-state index contributed by atoms with van der Waals surface area (Å²) in [6.07, 6.45) is 5.83. The zero-order chi connectivity index (χ0) is 13.6. The first-order valence-corrected chi connectivity index (χ1v) is 7.41. The van der Waals surface area contributed by atoms with E-state index in [0.29, 0.717) is 0 Å². The fraction of sp³-hybridized carbons (Fsp3) is 0.929. The molecular weight excluding hydrogens is 242 g/mol. The molecule has 0 bridgehead atoms. The Hall–Kier alpha value is -0.810. The summed E-state index contributed by atoms with van der Waals surface area (Å²) in [7, 11) is 1.80. The van der Waals surface area contributed by atoms with Gasteiger partial charge in [-0.2, -0.15) is 0 Å². The van der Waals surface area contributed by atoms with Crippen molar-refractivity contribution >= 4 is 5.96 Å². The van der Waals surface area contributed by atoms with Gasteiger partial charge < -0.3 is 20.5 Å². The van der Waals surface area contributed by atoms with Crippen molar-refractivity contribution in [2.75, 3.05) is 40.0 Å². The van der Waals surface area contributed by atoms with Gasteiger partial charge in [-0.25, -0.2) is 0 Å². The van der Waals surface area contributed by atoms with Gasteiger partial charge >= 0.3 is 0 Å². The lowest BCUT2D eigenvalue weighted by Crippen LogP contribution is -2.44. The molecule has 1 heterocycles. The fourth-order valence-corrected chi connectivity index (χ4v) is 2.60. The van der Waals surface area contributed by atoms with Crippen LogP contribution in [0.1, 0.15) is 32.1 Å². The first-order valence-electron chi connectivity index (χ1n) is 7.41. The average Bonchev–Trinajstić information content (AvgIpc) is 3.13. The van der Waals surface area contributed by atoms with Gasteiger partial charge in [-0.05, 0) is 25.2 Å². The number of aliphatic hydroxyl groups is 1. The molecule has 0 aromatic rings. The largest absolute Gasteiger partial charge is 0.396 e. The Morgan fingerprint density at radius 3 is 2.84 bits per heavy atom. The maximum Gasteiger partial charge on any atom is 0.190 e. The third kappa shape index (κ3) is 4.66. The number of ether oxygens (including phenoxy) is 1. The minimum Gasteiger partial charge on any atom is -0.396 e. The van der Waals surface area contributed by atoms with E-state index >= 15 is 0 Å². The Balaban J connectivity index is 1.70. The van der Waals surface area contributed by atoms with Crippen LogP contribution in [0.25, 0.3) is 0 Å². The van der Waals surface area contributed by atoms with Gasteiger partial charge in [0.1, 0.15) is 0 Å². The molecule has 2 aliphatic rings. The van der Waals surface area contributed by atoms with Gasteiger partial charge in [-0.15, -0.1) is 0 Å². The van der Waals surface area contributed by atoms with Gasteiger partial charge in [0, 0.05) is 38.8 Å². The Morgan fingerprint density at radius 1 is 1.42 bits per heavy atom. The Morgan fingerprint density at radius 2 is 2.26 bits per heavy atom. The van der Waals surface area contributed by atoms with E-state index in [1.165, 1.54) is 19.3 Å². The standard InChI is InChI=1S/C14H27N3O2/c1-15-13(16-7-4-12-2-3-12)17-10-14(5-8-18)6-9-19-11-14/h12,18H,2-11H2,1H3,(H2,15,16,17). The number of aliphatic imine (C=N–C) groups is 1. The van der Waals surface area contributed by atoms with Crippen LogP contribution >= 0.6 is 0 Å². The van der Waals surface area contributed by atoms with Crippen molar-refractivity contribution in [3.8, 4) is 0 Å². The quantitative estimate of drug-likeness (QED) is 0.471. The molecule has 1 saturated heterocycles. The molecule has 1 aliphatic heterocycles. The second-order valence-electron chi connectivity index (χ2n) is 5.86. The minimum atomic E-state index is 0.0723. The second kappa shape index (κ2) is 7.10. The van der Waals surface area contributed by atoms with E-state index in [1.54, 1.807) is 7.05 Å². The zero-order valence-corrected chi connectivity index (χ0v) is 12.0. The van der Waals surface area contributed by atoms with Gasteiger partial charge in [0.2, 0.25) is 0 Å². The van der Waals surface area contributed by atoms with Crippen LogP contribution in [0.2, 0.25) is 0 Å². The van der Waals surface area contributed by atoms with Crippen molar-refractivity contribution in [1.82, 2.24) is 10.6 Å². The number of aliphatic hydroxyl groups excluding tert-OH is 1. The molecular formula is C14H27N3O2. The van der Waals surface area contributed by atoms with Crippen LogP contribution in [0.4, 0.5) is 0 Å². The highest BCUT2D eigenvalue weighted by atomic mass is 16.5. The Bertz CT molecular complexity index is 297. The lowest BCUT2D eigenvalue weighted by atomic mass is 9.84. The molecule has 0 aromatic heterocycles. The van der Waals surface area contributed by atoms with Crippen molar-refractivity contribution in [2.45, 2.75) is 32.1 Å². The molecule has 5 heteroatoms. The number of nitrogens with one attached hydrogen (secondary N) is 2. The third-order valence-electron chi connectivity index (χ3n) is 4.22. The molecule has 1 aliphatic carbocycles. The molecule has 1 atom stereocenters. The van der Waals surface area contributed by atoms with Gasteiger partial charge in [-0.3, -0.25) is 4.99 Å². The van der Waals surface area contributed by atoms with Gasteiger partial charge in [0.15, 0.2) is 5.96 Å². The van der Waals surface area contributed by atoms with Gasteiger partial charge in [0.25, 0.3) is 0 Å². The predicted octanol–water partition coefficient (Wildman–Crippen LogP) is 0.741. The lowest BCUT2D eigenvalue weighted by Gasteiger charge is -2.27. The smallest absolute Gasteiger partial charge is 0.190 e. The van der Waals surface area contributed by atoms with E-state index in [0.717, 1.165) is 51.0 Å². The van der Waals surface area contributed by atoms with Crippen molar-refractivity contribution in [2.24, 2.45) is 16.3 Å². The zero-order valence-electron chi connectivity index (χ0n) is 12.0. The van der Waals surface area contributed by atoms with E-state index in [1.807, 2.05) is 0 Å². The third-order valence-corrected chi connectivity index (χ3v) is 4.22. The number of hydrogen-bond donors (Lipinski definition) is 3. The summed E-state index contributed by atoms with van der Waals surface area (Å²) >= 11 is 0. The number of guanidine groups is 1. The summed E-state index contributed by atoms with van der Waals surface area (Å²) < 4.78 is 5.49. The number of nitrogens with zero attached hydrogens (tertiary/aromatic N) is 1.